The van der Waals surface area contributed by atoms with Gasteiger partial charge in [-0.25, -0.2) is 0 Å². The summed E-state index contributed by atoms with van der Waals surface area (Å²) in [7, 11) is 0. The zero-order valence-corrected chi connectivity index (χ0v) is 4.88. The normalized spacial score (nSPS) is 33.2. The Hall–Kier alpha value is 0.480. The zero-order chi connectivity index (χ0) is 10.9. The molecule has 0 nitrogen and oxygen atoms in total. The van der Waals surface area contributed by atoms with Crippen molar-refractivity contribution in [2.24, 2.45) is 5.89 Å². The molecule has 0 saturated heterocycles. The molecule has 0 spiro atoms. The summed E-state index contributed by atoms with van der Waals surface area (Å²) in [6, 6.07) is 0. The Morgan fingerprint density at radius 1 is 2.00 bits per heavy atom. The first-order valence-corrected chi connectivity index (χ1v) is 2.74. The molecule has 0 N–H and O–H groups in total. The van der Waals surface area contributed by atoms with Crippen molar-refractivity contribution in [2.45, 2.75) is 20.1 Å². The molecule has 0 aromatic carbocycles. The average Bonchev–Trinajstić information content (AvgIpc) is 1.82. The van der Waals surface area contributed by atoms with Gasteiger partial charge in [-0.2, -0.15) is 0 Å². The fraction of sp³-hybridized carbons (Fsp3) is 1.00. The number of alkyl halides is 1. The Kier molecular flexibility index (Phi) is 0.763. The van der Waals surface area contributed by atoms with E-state index in [1.807, 2.05) is 0 Å². The number of hydrogen-bond acceptors (Lipinski definition) is 0. The fourth-order valence-corrected chi connectivity index (χ4v) is 0.491. The minimum absolute atomic E-state index is 0.188. The van der Waals surface area contributed by atoms with E-state index in [1.54, 1.807) is 0 Å². The molecule has 0 amide bonds. The molecule has 0 radical (unpaired) electrons. The smallest absolute Gasteiger partial charge is 0.0297 e. The molecule has 0 atom stereocenters. The summed E-state index contributed by atoms with van der Waals surface area (Å²) in [5.41, 5.74) is 0. The van der Waals surface area contributed by atoms with Crippen LogP contribution in [0.2, 0.25) is 0 Å². The second-order valence-electron chi connectivity index (χ2n) is 0.918. The Bertz CT molecular complexity index is 155. The van der Waals surface area contributed by atoms with E-state index in [2.05, 4.69) is 15.9 Å². The lowest BCUT2D eigenvalue weighted by molar-refractivity contribution is 0.634. The monoisotopic (exact) mass is 157 g/mol. The Morgan fingerprint density at radius 2 is 2.67 bits per heavy atom. The quantitative estimate of drug-likeness (QED) is 0.541. The van der Waals surface area contributed by atoms with Gasteiger partial charge in [-0.05, 0) is 12.3 Å². The predicted octanol–water partition coefficient (Wildman–Crippen LogP) is 2.43. The highest BCUT2D eigenvalue weighted by atomic mass is 79.9. The fourth-order valence-electron chi connectivity index (χ4n) is 0.0945. The number of rotatable bonds is 2. The third-order valence-electron chi connectivity index (χ3n) is 0.344. The van der Waals surface area contributed by atoms with Crippen LogP contribution in [0.15, 0.2) is 0 Å². The van der Waals surface area contributed by atoms with Crippen molar-refractivity contribution in [3.8, 4) is 0 Å². The van der Waals surface area contributed by atoms with Crippen molar-refractivity contribution >= 4 is 15.9 Å². The van der Waals surface area contributed by atoms with Crippen molar-refractivity contribution in [2.75, 3.05) is 5.33 Å². The lowest BCUT2D eigenvalue weighted by atomic mass is 10.2. The largest absolute Gasteiger partial charge is 0.0928 e. The minimum Gasteiger partial charge on any atom is -0.0928 e. The SMILES string of the molecule is [2H]C([2H])([2H])C([2H])(CCBr)C([2H])([2H])[2H]. The summed E-state index contributed by atoms with van der Waals surface area (Å²) in [5, 5.41) is 0.188. The molecule has 0 aromatic rings. The Morgan fingerprint density at radius 3 is 2.83 bits per heavy atom. The minimum atomic E-state index is -2.79. The van der Waals surface area contributed by atoms with Crippen LogP contribution in [0.3, 0.4) is 0 Å². The zero-order valence-electron chi connectivity index (χ0n) is 10.3. The third kappa shape index (κ3) is 4.48. The van der Waals surface area contributed by atoms with Crippen LogP contribution in [0.1, 0.15) is 29.7 Å². The lowest BCUT2D eigenvalue weighted by Gasteiger charge is -1.94. The van der Waals surface area contributed by atoms with Gasteiger partial charge in [0.05, 0.1) is 0 Å². The summed E-state index contributed by atoms with van der Waals surface area (Å²) in [6.45, 7) is -5.57. The van der Waals surface area contributed by atoms with Crippen LogP contribution in [0.4, 0.5) is 0 Å². The molecular weight excluding hydrogens is 140 g/mol. The van der Waals surface area contributed by atoms with E-state index in [1.165, 1.54) is 0 Å². The maximum Gasteiger partial charge on any atom is 0.0297 e. The van der Waals surface area contributed by atoms with Crippen LogP contribution in [0.5, 0.6) is 0 Å². The van der Waals surface area contributed by atoms with Gasteiger partial charge in [0.25, 0.3) is 0 Å². The molecule has 0 heterocycles. The first kappa shape index (κ1) is 1.25. The Balaban J connectivity index is 4.96. The first-order chi connectivity index (χ1) is 5.56. The summed E-state index contributed by atoms with van der Waals surface area (Å²) >= 11 is 2.95. The molecule has 0 aliphatic carbocycles. The molecule has 0 bridgehead atoms. The first-order valence-electron chi connectivity index (χ1n) is 5.12. The summed E-state index contributed by atoms with van der Waals surface area (Å²) in [6.07, 6.45) is -0.222. The van der Waals surface area contributed by atoms with Crippen molar-refractivity contribution in [3.05, 3.63) is 0 Å². The van der Waals surface area contributed by atoms with Crippen molar-refractivity contribution in [3.63, 3.8) is 0 Å². The van der Waals surface area contributed by atoms with Gasteiger partial charge in [-0.1, -0.05) is 29.6 Å². The molecule has 0 saturated carbocycles. The van der Waals surface area contributed by atoms with Crippen molar-refractivity contribution < 1.29 is 9.60 Å². The molecule has 0 aromatic heterocycles. The Labute approximate surface area is 57.9 Å². The standard InChI is InChI=1S/C5H11Br/c1-5(2)3-4-6/h5H,3-4H2,1-2H3/i1D3,2D3,5D. The molecule has 0 unspecified atom stereocenters. The van der Waals surface area contributed by atoms with E-state index >= 15 is 0 Å². The van der Waals surface area contributed by atoms with E-state index in [0.717, 1.165) is 0 Å². The molecule has 1 heteroatoms. The second kappa shape index (κ2) is 3.66. The van der Waals surface area contributed by atoms with E-state index in [9.17, 15) is 0 Å². The average molecular weight is 158 g/mol. The topological polar surface area (TPSA) is 0 Å². The van der Waals surface area contributed by atoms with Gasteiger partial charge in [-0.3, -0.25) is 0 Å². The van der Waals surface area contributed by atoms with Crippen LogP contribution in [0.25, 0.3) is 0 Å². The van der Waals surface area contributed by atoms with Gasteiger partial charge in [0, 0.05) is 14.9 Å². The van der Waals surface area contributed by atoms with Crippen LogP contribution >= 0.6 is 15.9 Å². The molecule has 0 aliphatic heterocycles. The van der Waals surface area contributed by atoms with Crippen molar-refractivity contribution in [1.82, 2.24) is 0 Å². The number of hydrogen-bond donors (Lipinski definition) is 0. The van der Waals surface area contributed by atoms with Crippen LogP contribution < -0.4 is 0 Å². The second-order valence-corrected chi connectivity index (χ2v) is 1.71. The van der Waals surface area contributed by atoms with E-state index < -0.39 is 19.6 Å². The molecule has 0 rings (SSSR count). The van der Waals surface area contributed by atoms with E-state index in [4.69, 9.17) is 9.60 Å². The maximum atomic E-state index is 7.47. The van der Waals surface area contributed by atoms with Gasteiger partial charge < -0.3 is 0 Å². The molecule has 0 fully saturated rings. The third-order valence-corrected chi connectivity index (χ3v) is 0.741. The van der Waals surface area contributed by atoms with Crippen LogP contribution in [-0.2, 0) is 0 Å². The van der Waals surface area contributed by atoms with Crippen LogP contribution in [0, 0.1) is 5.89 Å². The predicted molar refractivity (Wildman–Crippen MR) is 33.2 cm³/mol. The van der Waals surface area contributed by atoms with Gasteiger partial charge in [0.15, 0.2) is 0 Å². The highest BCUT2D eigenvalue weighted by molar-refractivity contribution is 9.09. The van der Waals surface area contributed by atoms with E-state index in [0.29, 0.717) is 0 Å². The summed E-state index contributed by atoms with van der Waals surface area (Å²) < 4.78 is 49.5. The maximum absolute atomic E-state index is 7.47. The molecule has 6 heavy (non-hydrogen) atoms. The molecular formula is C5H11Br. The van der Waals surface area contributed by atoms with E-state index in [-0.39, 0.29) is 11.8 Å². The van der Waals surface area contributed by atoms with Crippen molar-refractivity contribution in [1.29, 1.82) is 0 Å². The van der Waals surface area contributed by atoms with Gasteiger partial charge in [-0.15, -0.1) is 0 Å². The van der Waals surface area contributed by atoms with Crippen LogP contribution in [-0.4, -0.2) is 5.33 Å². The highest BCUT2D eigenvalue weighted by Crippen LogP contribution is 2.00. The number of halogens is 1. The van der Waals surface area contributed by atoms with Gasteiger partial charge in [0.2, 0.25) is 0 Å². The summed E-state index contributed by atoms with van der Waals surface area (Å²) in [4.78, 5) is 0. The molecule has 38 valence electrons. The lowest BCUT2D eigenvalue weighted by Crippen LogP contribution is -1.84. The van der Waals surface area contributed by atoms with Gasteiger partial charge >= 0.3 is 0 Å². The molecule has 0 aliphatic rings. The summed E-state index contributed by atoms with van der Waals surface area (Å²) in [5.74, 6) is -2.37. The van der Waals surface area contributed by atoms with Gasteiger partial charge in [0.1, 0.15) is 0 Å². The highest BCUT2D eigenvalue weighted by Gasteiger charge is 1.86.